The lowest BCUT2D eigenvalue weighted by Gasteiger charge is -2.30. The standard InChI is InChI=1S/C47H56O6/c1-33-14-16-35(17-15-33)18-19-36-21-23-42-40(25-36)26-41(52-42)24-34(2)43(48)51-32-47(31-50-30-37-12-10-9-11-13-37)29-39(44(49)53-47)22-20-38(27-45(3,4)5)28-46(6,7)8/h9-17,21-23,25-26,34,38H,20,24,27-32H2,1-8H3/b39-22+/t34-,47-/m1/s1. The van der Waals surface area contributed by atoms with Gasteiger partial charge in [0, 0.05) is 34.9 Å². The predicted octanol–water partition coefficient (Wildman–Crippen LogP) is 10.6. The summed E-state index contributed by atoms with van der Waals surface area (Å²) in [6.07, 6.45) is 5.63. The number of rotatable bonds is 13. The first-order chi connectivity index (χ1) is 25.0. The Hall–Kier alpha value is -4.60. The quantitative estimate of drug-likeness (QED) is 0.0779. The fraction of sp³-hybridized carbons (Fsp3) is 0.447. The van der Waals surface area contributed by atoms with E-state index in [0.29, 0.717) is 36.7 Å². The molecule has 53 heavy (non-hydrogen) atoms. The predicted molar refractivity (Wildman–Crippen MR) is 211 cm³/mol. The fourth-order valence-electron chi connectivity index (χ4n) is 7.07. The van der Waals surface area contributed by atoms with Gasteiger partial charge in [0.1, 0.15) is 18.0 Å². The van der Waals surface area contributed by atoms with E-state index in [4.69, 9.17) is 18.6 Å². The Labute approximate surface area is 316 Å². The van der Waals surface area contributed by atoms with Crippen molar-refractivity contribution in [2.75, 3.05) is 13.2 Å². The molecule has 5 rings (SSSR count). The molecule has 3 aromatic carbocycles. The Morgan fingerprint density at radius 1 is 0.887 bits per heavy atom. The summed E-state index contributed by atoms with van der Waals surface area (Å²) >= 11 is 0. The van der Waals surface area contributed by atoms with Crippen LogP contribution in [0.2, 0.25) is 0 Å². The number of carbonyl (C=O) groups excluding carboxylic acids is 2. The highest BCUT2D eigenvalue weighted by atomic mass is 16.6. The molecule has 1 aromatic heterocycles. The lowest BCUT2D eigenvalue weighted by Crippen LogP contribution is -2.41. The normalized spacial score (nSPS) is 17.5. The van der Waals surface area contributed by atoms with Gasteiger partial charge in [-0.25, -0.2) is 4.79 Å². The number of allylic oxidation sites excluding steroid dienone is 1. The summed E-state index contributed by atoms with van der Waals surface area (Å²) < 4.78 is 24.2. The fourth-order valence-corrected chi connectivity index (χ4v) is 7.07. The van der Waals surface area contributed by atoms with E-state index in [1.807, 2.05) is 73.7 Å². The van der Waals surface area contributed by atoms with Crippen LogP contribution in [0.5, 0.6) is 0 Å². The zero-order valence-electron chi connectivity index (χ0n) is 32.8. The molecule has 0 N–H and O–H groups in total. The largest absolute Gasteiger partial charge is 0.461 e. The molecule has 0 spiro atoms. The van der Waals surface area contributed by atoms with Gasteiger partial charge in [0.05, 0.1) is 19.1 Å². The number of fused-ring (bicyclic) bond motifs is 1. The minimum Gasteiger partial charge on any atom is -0.461 e. The maximum absolute atomic E-state index is 13.4. The zero-order valence-corrected chi connectivity index (χ0v) is 32.8. The summed E-state index contributed by atoms with van der Waals surface area (Å²) in [6, 6.07) is 25.8. The van der Waals surface area contributed by atoms with Crippen LogP contribution in [0.15, 0.2) is 94.9 Å². The van der Waals surface area contributed by atoms with Crippen LogP contribution in [0.3, 0.4) is 0 Å². The third kappa shape index (κ3) is 12.2. The first-order valence-electron chi connectivity index (χ1n) is 18.9. The monoisotopic (exact) mass is 716 g/mol. The smallest absolute Gasteiger partial charge is 0.334 e. The second kappa shape index (κ2) is 17.0. The number of hydrogen-bond acceptors (Lipinski definition) is 6. The molecule has 6 heteroatoms. The molecule has 1 aliphatic rings. The van der Waals surface area contributed by atoms with Crippen molar-refractivity contribution in [2.24, 2.45) is 22.7 Å². The molecule has 1 saturated heterocycles. The van der Waals surface area contributed by atoms with Gasteiger partial charge < -0.3 is 18.6 Å². The van der Waals surface area contributed by atoms with E-state index in [0.717, 1.165) is 46.9 Å². The lowest BCUT2D eigenvalue weighted by atomic mass is 9.75. The highest BCUT2D eigenvalue weighted by Crippen LogP contribution is 2.38. The number of furan rings is 1. The molecule has 0 aliphatic carbocycles. The highest BCUT2D eigenvalue weighted by Gasteiger charge is 2.45. The van der Waals surface area contributed by atoms with Gasteiger partial charge in [0.15, 0.2) is 5.60 Å². The number of ether oxygens (including phenoxy) is 3. The van der Waals surface area contributed by atoms with Gasteiger partial charge in [-0.1, -0.05) is 114 Å². The van der Waals surface area contributed by atoms with Gasteiger partial charge in [-0.05, 0) is 84.9 Å². The van der Waals surface area contributed by atoms with Gasteiger partial charge in [-0.15, -0.1) is 0 Å². The minimum absolute atomic E-state index is 0.0927. The topological polar surface area (TPSA) is 75.0 Å². The SMILES string of the molecule is Cc1ccc(C#Cc2ccc3oc(C[C@@H](C)C(=O)OC[C@]4(COCc5ccccc5)C/C(=C\CC(CC(C)(C)C)CC(C)(C)C)C(=O)O4)cc3c2)cc1. The van der Waals surface area contributed by atoms with Gasteiger partial charge in [0.25, 0.3) is 0 Å². The number of carbonyl (C=O) groups is 2. The first-order valence-corrected chi connectivity index (χ1v) is 18.9. The number of benzene rings is 3. The van der Waals surface area contributed by atoms with Crippen LogP contribution in [-0.4, -0.2) is 30.8 Å². The summed E-state index contributed by atoms with van der Waals surface area (Å²) in [5.41, 5.74) is 4.65. The molecule has 0 bridgehead atoms. The molecule has 280 valence electrons. The van der Waals surface area contributed by atoms with Crippen LogP contribution in [0.4, 0.5) is 0 Å². The molecule has 0 unspecified atom stereocenters. The number of esters is 2. The van der Waals surface area contributed by atoms with Crippen molar-refractivity contribution < 1.29 is 28.2 Å². The van der Waals surface area contributed by atoms with Crippen molar-refractivity contribution in [1.29, 1.82) is 0 Å². The maximum atomic E-state index is 13.4. The molecule has 2 heterocycles. The maximum Gasteiger partial charge on any atom is 0.334 e. The number of aryl methyl sites for hydroxylation is 1. The Balaban J connectivity index is 1.25. The van der Waals surface area contributed by atoms with E-state index in [9.17, 15) is 9.59 Å². The van der Waals surface area contributed by atoms with E-state index in [1.165, 1.54) is 5.56 Å². The van der Waals surface area contributed by atoms with Crippen LogP contribution < -0.4 is 0 Å². The summed E-state index contributed by atoms with van der Waals surface area (Å²) in [5.74, 6) is 6.32. The molecule has 0 amide bonds. The van der Waals surface area contributed by atoms with E-state index >= 15 is 0 Å². The summed E-state index contributed by atoms with van der Waals surface area (Å²) in [7, 11) is 0. The molecule has 6 nitrogen and oxygen atoms in total. The Morgan fingerprint density at radius 2 is 1.55 bits per heavy atom. The first kappa shape index (κ1) is 39.6. The van der Waals surface area contributed by atoms with Crippen LogP contribution in [-0.2, 0) is 36.8 Å². The van der Waals surface area contributed by atoms with E-state index in [2.05, 4.69) is 78.5 Å². The van der Waals surface area contributed by atoms with Crippen LogP contribution in [0.1, 0.15) is 102 Å². The summed E-state index contributed by atoms with van der Waals surface area (Å²) in [4.78, 5) is 26.8. The molecule has 0 radical (unpaired) electrons. The second-order valence-corrected chi connectivity index (χ2v) is 17.4. The summed E-state index contributed by atoms with van der Waals surface area (Å²) in [6.45, 7) is 17.8. The van der Waals surface area contributed by atoms with E-state index < -0.39 is 11.5 Å². The number of hydrogen-bond donors (Lipinski definition) is 0. The van der Waals surface area contributed by atoms with Crippen LogP contribution >= 0.6 is 0 Å². The molecular weight excluding hydrogens is 661 g/mol. The third-order valence-corrected chi connectivity index (χ3v) is 9.42. The molecule has 2 atom stereocenters. The van der Waals surface area contributed by atoms with Crippen molar-refractivity contribution in [3.8, 4) is 11.8 Å². The third-order valence-electron chi connectivity index (χ3n) is 9.42. The van der Waals surface area contributed by atoms with Gasteiger partial charge in [-0.2, -0.15) is 0 Å². The highest BCUT2D eigenvalue weighted by molar-refractivity contribution is 5.91. The number of cyclic esters (lactones) is 1. The molecule has 1 aliphatic heterocycles. The van der Waals surface area contributed by atoms with Crippen LogP contribution in [0.25, 0.3) is 11.0 Å². The van der Waals surface area contributed by atoms with Crippen molar-refractivity contribution in [3.05, 3.63) is 119 Å². The van der Waals surface area contributed by atoms with Crippen molar-refractivity contribution >= 4 is 22.9 Å². The molecular formula is C47H56O6. The summed E-state index contributed by atoms with van der Waals surface area (Å²) in [5, 5.41) is 0.926. The van der Waals surface area contributed by atoms with Crippen molar-refractivity contribution in [1.82, 2.24) is 0 Å². The lowest BCUT2D eigenvalue weighted by molar-refractivity contribution is -0.171. The van der Waals surface area contributed by atoms with Crippen LogP contribution in [0, 0.1) is 41.4 Å². The molecule has 0 saturated carbocycles. The average molecular weight is 717 g/mol. The van der Waals surface area contributed by atoms with Gasteiger partial charge in [0.2, 0.25) is 0 Å². The Morgan fingerprint density at radius 3 is 2.23 bits per heavy atom. The Kier molecular flexibility index (Phi) is 12.7. The second-order valence-electron chi connectivity index (χ2n) is 17.4. The van der Waals surface area contributed by atoms with Crippen molar-refractivity contribution in [3.63, 3.8) is 0 Å². The van der Waals surface area contributed by atoms with E-state index in [1.54, 1.807) is 0 Å². The average Bonchev–Trinajstić information content (AvgIpc) is 3.63. The van der Waals surface area contributed by atoms with Gasteiger partial charge >= 0.3 is 11.9 Å². The Bertz CT molecular complexity index is 1930. The van der Waals surface area contributed by atoms with E-state index in [-0.39, 0.29) is 36.0 Å². The zero-order chi connectivity index (χ0) is 38.2. The van der Waals surface area contributed by atoms with Gasteiger partial charge in [-0.3, -0.25) is 4.79 Å². The van der Waals surface area contributed by atoms with Crippen molar-refractivity contribution in [2.45, 2.75) is 99.7 Å². The minimum atomic E-state index is -1.11. The molecule has 1 fully saturated rings. The molecule has 4 aromatic rings.